The van der Waals surface area contributed by atoms with E-state index in [2.05, 4.69) is 14.7 Å². The summed E-state index contributed by atoms with van der Waals surface area (Å²) in [4.78, 5) is 0. The van der Waals surface area contributed by atoms with E-state index in [1.165, 1.54) is 12.1 Å². The van der Waals surface area contributed by atoms with Crippen LogP contribution in [0, 0.1) is 0 Å². The van der Waals surface area contributed by atoms with Gasteiger partial charge in [-0.2, -0.15) is 4.40 Å². The van der Waals surface area contributed by atoms with E-state index in [1.54, 1.807) is 12.3 Å². The van der Waals surface area contributed by atoms with Gasteiger partial charge < -0.3 is 0 Å². The van der Waals surface area contributed by atoms with Crippen LogP contribution in [-0.2, 0) is 0 Å². The quantitative estimate of drug-likeness (QED) is 0.385. The molecule has 0 spiro atoms. The Kier molecular flexibility index (Phi) is 1.10. The van der Waals surface area contributed by atoms with Gasteiger partial charge in [-0.25, -0.2) is 0 Å². The molecule has 0 unspecified atom stereocenters. The predicted octanol–water partition coefficient (Wildman–Crippen LogP) is -1.06. The van der Waals surface area contributed by atoms with Crippen LogP contribution in [0.4, 0.5) is 0 Å². The SMILES string of the molecule is C1=CC=NS[NH+]=1. The Hall–Kier alpha value is -0.530. The molecular weight excluding hydrogens is 96.1 g/mol. The lowest BCUT2D eigenvalue weighted by Gasteiger charge is -1.68. The number of hydrogen-bond acceptors (Lipinski definition) is 2. The highest BCUT2D eigenvalue weighted by molar-refractivity contribution is 7.91. The summed E-state index contributed by atoms with van der Waals surface area (Å²) in [5.41, 5.74) is 0. The predicted molar refractivity (Wildman–Crippen MR) is 26.6 cm³/mol. The molecule has 1 aliphatic heterocycles. The van der Waals surface area contributed by atoms with Crippen molar-refractivity contribution in [1.82, 2.24) is 0 Å². The van der Waals surface area contributed by atoms with Crippen LogP contribution in [-0.4, -0.2) is 12.1 Å². The summed E-state index contributed by atoms with van der Waals surface area (Å²) >= 11 is 1.27. The van der Waals surface area contributed by atoms with E-state index in [0.29, 0.717) is 0 Å². The molecule has 0 amide bonds. The van der Waals surface area contributed by atoms with Crippen molar-refractivity contribution in [3.05, 3.63) is 6.08 Å². The minimum atomic E-state index is 1.27. The van der Waals surface area contributed by atoms with Crippen LogP contribution in [0.1, 0.15) is 0 Å². The third kappa shape index (κ3) is 0.708. The summed E-state index contributed by atoms with van der Waals surface area (Å²) in [5.74, 6) is 2.72. The third-order valence-corrected chi connectivity index (χ3v) is 0.812. The summed E-state index contributed by atoms with van der Waals surface area (Å²) in [6, 6.07) is 0. The molecule has 0 radical (unpaired) electrons. The normalized spacial score (nSPS) is 16.0. The maximum atomic E-state index is 3.74. The van der Waals surface area contributed by atoms with Crippen molar-refractivity contribution in [3.63, 3.8) is 0 Å². The lowest BCUT2D eigenvalue weighted by Crippen LogP contribution is -2.56. The minimum absolute atomic E-state index is 1.27. The molecule has 1 heterocycles. The zero-order valence-corrected chi connectivity index (χ0v) is 3.83. The molecule has 6 heavy (non-hydrogen) atoms. The molecule has 0 bridgehead atoms. The minimum Gasteiger partial charge on any atom is -0.158 e. The standard InChI is InChI=1S/C3H2N2S/c1-2-4-6-5-3-1/h1-2H/p+1. The molecular formula is C3H3N2S+. The zero-order chi connectivity index (χ0) is 4.24. The topological polar surface area (TPSA) is 26.3 Å². The van der Waals surface area contributed by atoms with Crippen LogP contribution in [0.25, 0.3) is 0 Å². The van der Waals surface area contributed by atoms with Gasteiger partial charge in [-0.05, 0) is 0 Å². The fraction of sp³-hybridized carbons (Fsp3) is 0. The lowest BCUT2D eigenvalue weighted by molar-refractivity contribution is -0.233. The number of allylic oxidation sites excluding steroid dienone is 1. The molecule has 30 valence electrons. The number of rotatable bonds is 0. The van der Waals surface area contributed by atoms with Gasteiger partial charge in [0.25, 0.3) is 0 Å². The summed E-state index contributed by atoms with van der Waals surface area (Å²) < 4.78 is 6.44. The lowest BCUT2D eigenvalue weighted by atomic mass is 10.7. The second-order valence-electron chi connectivity index (χ2n) is 0.759. The van der Waals surface area contributed by atoms with Crippen molar-refractivity contribution in [2.45, 2.75) is 0 Å². The smallest absolute Gasteiger partial charge is 0.158 e. The number of hydrogen-bond donors (Lipinski definition) is 1. The van der Waals surface area contributed by atoms with E-state index >= 15 is 0 Å². The average Bonchev–Trinajstić information content (AvgIpc) is 1.72. The van der Waals surface area contributed by atoms with Gasteiger partial charge in [-0.3, -0.25) is 0 Å². The van der Waals surface area contributed by atoms with Gasteiger partial charge in [0, 0.05) is 0 Å². The van der Waals surface area contributed by atoms with Gasteiger partial charge in [0.15, 0.2) is 5.87 Å². The molecule has 0 aromatic carbocycles. The molecule has 0 aromatic heterocycles. The first-order chi connectivity index (χ1) is 3.00. The van der Waals surface area contributed by atoms with E-state index < -0.39 is 0 Å². The third-order valence-electron chi connectivity index (χ3n) is 0.376. The Balaban J connectivity index is 2.78. The van der Waals surface area contributed by atoms with E-state index in [-0.39, 0.29) is 0 Å². The highest BCUT2D eigenvalue weighted by Gasteiger charge is 1.81. The van der Waals surface area contributed by atoms with Crippen LogP contribution in [0.5, 0.6) is 0 Å². The van der Waals surface area contributed by atoms with Crippen LogP contribution < -0.4 is 4.40 Å². The van der Waals surface area contributed by atoms with E-state index in [4.69, 9.17) is 0 Å². The van der Waals surface area contributed by atoms with E-state index in [0.717, 1.165) is 0 Å². The maximum absolute atomic E-state index is 3.74. The first kappa shape index (κ1) is 3.65. The second kappa shape index (κ2) is 1.80. The van der Waals surface area contributed by atoms with Gasteiger partial charge in [0.1, 0.15) is 0 Å². The van der Waals surface area contributed by atoms with Gasteiger partial charge in [-0.15, -0.1) is 4.40 Å². The van der Waals surface area contributed by atoms with E-state index in [1.807, 2.05) is 0 Å². The fourth-order valence-electron chi connectivity index (χ4n) is 0.185. The molecule has 1 N–H and O–H groups in total. The summed E-state index contributed by atoms with van der Waals surface area (Å²) in [6.45, 7) is 0. The molecule has 0 aromatic rings. The first-order valence-corrected chi connectivity index (χ1v) is 2.29. The van der Waals surface area contributed by atoms with Crippen molar-refractivity contribution < 1.29 is 4.40 Å². The number of nitrogens with zero attached hydrogens (tertiary/aromatic N) is 1. The Morgan fingerprint density at radius 2 is 2.83 bits per heavy atom. The molecule has 0 saturated heterocycles. The zero-order valence-electron chi connectivity index (χ0n) is 3.01. The highest BCUT2D eigenvalue weighted by atomic mass is 32.2. The van der Waals surface area contributed by atoms with Crippen LogP contribution >= 0.6 is 12.1 Å². The highest BCUT2D eigenvalue weighted by Crippen LogP contribution is 1.79. The molecule has 2 nitrogen and oxygen atoms in total. The Labute approximate surface area is 40.0 Å². The Morgan fingerprint density at radius 3 is 3.00 bits per heavy atom. The van der Waals surface area contributed by atoms with Crippen molar-refractivity contribution >= 4 is 24.2 Å². The van der Waals surface area contributed by atoms with Crippen LogP contribution in [0.15, 0.2) is 10.5 Å². The average molecular weight is 99.1 g/mol. The van der Waals surface area contributed by atoms with Crippen molar-refractivity contribution in [2.24, 2.45) is 4.40 Å². The Bertz CT molecular complexity index is 121. The summed E-state index contributed by atoms with van der Waals surface area (Å²) in [5, 5.41) is 0. The molecule has 1 rings (SSSR count). The summed E-state index contributed by atoms with van der Waals surface area (Å²) in [6.07, 6.45) is 3.40. The maximum Gasteiger partial charge on any atom is 0.318 e. The Morgan fingerprint density at radius 1 is 1.83 bits per heavy atom. The summed E-state index contributed by atoms with van der Waals surface area (Å²) in [7, 11) is 0. The van der Waals surface area contributed by atoms with E-state index in [9.17, 15) is 0 Å². The van der Waals surface area contributed by atoms with Crippen molar-refractivity contribution in [2.75, 3.05) is 0 Å². The molecule has 0 fully saturated rings. The second-order valence-corrected chi connectivity index (χ2v) is 1.36. The molecule has 0 aliphatic carbocycles. The van der Waals surface area contributed by atoms with Gasteiger partial charge in [-0.1, -0.05) is 0 Å². The van der Waals surface area contributed by atoms with Crippen LogP contribution in [0.2, 0.25) is 0 Å². The van der Waals surface area contributed by atoms with Gasteiger partial charge in [0.2, 0.25) is 0 Å². The molecule has 0 atom stereocenters. The first-order valence-electron chi connectivity index (χ1n) is 1.52. The van der Waals surface area contributed by atoms with Crippen LogP contribution in [0.3, 0.4) is 0 Å². The van der Waals surface area contributed by atoms with Crippen molar-refractivity contribution in [3.8, 4) is 0 Å². The van der Waals surface area contributed by atoms with Gasteiger partial charge >= 0.3 is 12.1 Å². The number of nitrogens with one attached hydrogen (secondary N) is 1. The van der Waals surface area contributed by atoms with Gasteiger partial charge in [0.05, 0.1) is 12.3 Å². The largest absolute Gasteiger partial charge is 0.318 e. The molecule has 3 heteroatoms. The van der Waals surface area contributed by atoms with Crippen molar-refractivity contribution in [1.29, 1.82) is 0 Å². The molecule has 0 saturated carbocycles. The monoisotopic (exact) mass is 99.0 g/mol. The molecule has 1 aliphatic rings. The fourth-order valence-corrected chi connectivity index (χ4v) is 0.480.